The van der Waals surface area contributed by atoms with E-state index >= 15 is 0 Å². The maximum Gasteiger partial charge on any atom is 0.0540 e. The van der Waals surface area contributed by atoms with Gasteiger partial charge < -0.3 is 19.6 Å². The monoisotopic (exact) mass is 1070 g/mol. The summed E-state index contributed by atoms with van der Waals surface area (Å²) in [6.45, 7) is 0. The van der Waals surface area contributed by atoms with E-state index in [9.17, 15) is 0 Å². The number of hydrogen-bond acceptors (Lipinski definition) is 4. The zero-order chi connectivity index (χ0) is 56.0. The van der Waals surface area contributed by atoms with Gasteiger partial charge in [-0.25, -0.2) is 0 Å². The van der Waals surface area contributed by atoms with Crippen molar-refractivity contribution in [3.05, 3.63) is 352 Å². The van der Waals surface area contributed by atoms with Crippen molar-refractivity contribution < 1.29 is 0 Å². The highest BCUT2D eigenvalue weighted by atomic mass is 15.2. The Morgan fingerprint density at radius 3 is 0.726 bits per heavy atom. The molecule has 0 saturated carbocycles. The van der Waals surface area contributed by atoms with Crippen LogP contribution in [0.4, 0.5) is 68.2 Å². The lowest BCUT2D eigenvalue weighted by molar-refractivity contribution is 1.27. The van der Waals surface area contributed by atoms with Crippen LogP contribution in [-0.2, 0) is 0 Å². The van der Waals surface area contributed by atoms with Crippen LogP contribution in [0.3, 0.4) is 0 Å². The fraction of sp³-hybridized carbons (Fsp3) is 0. The molecule has 0 unspecified atom stereocenters. The largest absolute Gasteiger partial charge is 0.310 e. The predicted molar refractivity (Wildman–Crippen MR) is 356 cm³/mol. The van der Waals surface area contributed by atoms with Crippen LogP contribution in [-0.4, -0.2) is 0 Å². The van der Waals surface area contributed by atoms with E-state index in [4.69, 9.17) is 0 Å². The summed E-state index contributed by atoms with van der Waals surface area (Å²) in [4.78, 5) is 9.41. The van der Waals surface area contributed by atoms with Gasteiger partial charge in [0.1, 0.15) is 0 Å². The van der Waals surface area contributed by atoms with Gasteiger partial charge in [0.05, 0.1) is 11.4 Å². The minimum absolute atomic E-state index is 1.07. The average Bonchev–Trinajstić information content (AvgIpc) is 3.73. The topological polar surface area (TPSA) is 13.0 Å². The molecule has 0 N–H and O–H groups in total. The third-order valence-corrected chi connectivity index (χ3v) is 15.8. The van der Waals surface area contributed by atoms with Crippen molar-refractivity contribution in [1.29, 1.82) is 0 Å². The van der Waals surface area contributed by atoms with E-state index in [0.29, 0.717) is 0 Å². The Hall–Kier alpha value is -11.2. The first-order valence-corrected chi connectivity index (χ1v) is 28.6. The van der Waals surface area contributed by atoms with Gasteiger partial charge in [0, 0.05) is 68.0 Å². The number of anilines is 12. The minimum atomic E-state index is 1.07. The number of rotatable bonds is 15. The normalized spacial score (nSPS) is 11.1. The van der Waals surface area contributed by atoms with Crippen LogP contribution in [0.2, 0.25) is 0 Å². The Morgan fingerprint density at radius 2 is 0.381 bits per heavy atom. The summed E-state index contributed by atoms with van der Waals surface area (Å²) in [6.07, 6.45) is 0. The summed E-state index contributed by atoms with van der Waals surface area (Å²) in [7, 11) is 0. The quantitative estimate of drug-likeness (QED) is 0.101. The summed E-state index contributed by atoms with van der Waals surface area (Å²) in [5, 5.41) is 4.86. The van der Waals surface area contributed by atoms with Crippen molar-refractivity contribution in [3.63, 3.8) is 0 Å². The molecule has 14 rings (SSSR count). The fourth-order valence-electron chi connectivity index (χ4n) is 11.7. The van der Waals surface area contributed by atoms with Crippen LogP contribution in [0.1, 0.15) is 0 Å². The lowest BCUT2D eigenvalue weighted by atomic mass is 9.99. The molecule has 0 aliphatic carbocycles. The molecule has 4 heteroatoms. The van der Waals surface area contributed by atoms with E-state index < -0.39 is 0 Å². The molecule has 14 aromatic carbocycles. The van der Waals surface area contributed by atoms with Crippen LogP contribution < -0.4 is 19.6 Å². The SMILES string of the molecule is c1ccc(N(c2ccc(-c3ccccc3N(c3ccccc3)c3ccc(-c4ccc(N(c5ccccc5)c5ccccc5-c5ccc(N(c6ccccc6)c6ccc7ccccc7c6)cc5)cc4)cc3)cc2)c2ccc3ccccc3c2)cc1. The van der Waals surface area contributed by atoms with E-state index in [1.165, 1.54) is 21.5 Å². The van der Waals surface area contributed by atoms with Crippen LogP contribution in [0.5, 0.6) is 0 Å². The maximum atomic E-state index is 2.37. The first kappa shape index (κ1) is 51.0. The van der Waals surface area contributed by atoms with Gasteiger partial charge in [-0.3, -0.25) is 0 Å². The summed E-state index contributed by atoms with van der Waals surface area (Å²) in [5.74, 6) is 0. The molecule has 0 radical (unpaired) electrons. The van der Waals surface area contributed by atoms with Gasteiger partial charge in [-0.1, -0.05) is 218 Å². The van der Waals surface area contributed by atoms with Gasteiger partial charge in [0.2, 0.25) is 0 Å². The smallest absolute Gasteiger partial charge is 0.0540 e. The van der Waals surface area contributed by atoms with Gasteiger partial charge in [-0.15, -0.1) is 0 Å². The molecular weight excluding hydrogens is 1020 g/mol. The zero-order valence-corrected chi connectivity index (χ0v) is 46.3. The second kappa shape index (κ2) is 23.1. The molecule has 0 atom stereocenters. The van der Waals surface area contributed by atoms with Gasteiger partial charge in [0.25, 0.3) is 0 Å². The molecule has 0 amide bonds. The zero-order valence-electron chi connectivity index (χ0n) is 46.3. The minimum Gasteiger partial charge on any atom is -0.310 e. The Kier molecular flexibility index (Phi) is 14.0. The first-order chi connectivity index (χ1) is 41.7. The first-order valence-electron chi connectivity index (χ1n) is 28.6. The Morgan fingerprint density at radius 1 is 0.143 bits per heavy atom. The maximum absolute atomic E-state index is 2.37. The molecule has 0 bridgehead atoms. The number of hydrogen-bond donors (Lipinski definition) is 0. The number of para-hydroxylation sites is 6. The Bertz CT molecular complexity index is 4220. The fourth-order valence-corrected chi connectivity index (χ4v) is 11.7. The number of fused-ring (bicyclic) bond motifs is 2. The van der Waals surface area contributed by atoms with E-state index in [1.807, 2.05) is 0 Å². The lowest BCUT2D eigenvalue weighted by Gasteiger charge is -2.29. The molecule has 0 saturated heterocycles. The van der Waals surface area contributed by atoms with Gasteiger partial charge in [-0.2, -0.15) is 0 Å². The van der Waals surface area contributed by atoms with E-state index in [0.717, 1.165) is 102 Å². The summed E-state index contributed by atoms with van der Waals surface area (Å²) in [5.41, 5.74) is 19.9. The molecule has 0 aliphatic heterocycles. The molecule has 4 nitrogen and oxygen atoms in total. The summed E-state index contributed by atoms with van der Waals surface area (Å²) < 4.78 is 0. The molecule has 84 heavy (non-hydrogen) atoms. The molecule has 0 fully saturated rings. The second-order valence-electron chi connectivity index (χ2n) is 21.0. The average molecular weight is 1080 g/mol. The molecular formula is C80H58N4. The highest BCUT2D eigenvalue weighted by Gasteiger charge is 2.21. The lowest BCUT2D eigenvalue weighted by Crippen LogP contribution is -2.11. The third-order valence-electron chi connectivity index (χ3n) is 15.8. The molecule has 14 aromatic rings. The molecule has 0 spiro atoms. The van der Waals surface area contributed by atoms with Crippen LogP contribution in [0.15, 0.2) is 352 Å². The highest BCUT2D eigenvalue weighted by molar-refractivity contribution is 5.94. The van der Waals surface area contributed by atoms with Crippen molar-refractivity contribution >= 4 is 89.8 Å². The Labute approximate surface area is 491 Å². The van der Waals surface area contributed by atoms with E-state index in [-0.39, 0.29) is 0 Å². The van der Waals surface area contributed by atoms with Crippen molar-refractivity contribution in [2.75, 3.05) is 19.6 Å². The number of benzene rings is 14. The van der Waals surface area contributed by atoms with Gasteiger partial charge in [-0.05, 0) is 177 Å². The van der Waals surface area contributed by atoms with Gasteiger partial charge in [0.15, 0.2) is 0 Å². The van der Waals surface area contributed by atoms with Crippen molar-refractivity contribution in [2.45, 2.75) is 0 Å². The van der Waals surface area contributed by atoms with Crippen LogP contribution in [0, 0.1) is 0 Å². The molecule has 0 heterocycles. The van der Waals surface area contributed by atoms with Crippen LogP contribution in [0.25, 0.3) is 54.9 Å². The molecule has 398 valence electrons. The van der Waals surface area contributed by atoms with Crippen molar-refractivity contribution in [3.8, 4) is 33.4 Å². The molecule has 0 aromatic heterocycles. The van der Waals surface area contributed by atoms with Crippen LogP contribution >= 0.6 is 0 Å². The Balaban J connectivity index is 0.761. The molecule has 0 aliphatic rings. The standard InChI is InChI=1S/C80H58N4/c1-5-25-67(26-6-1)81(75-55-41-59-21-13-15-23-65(59)57-75)71-51-43-63(44-52-71)77-33-17-19-35-79(77)83(69-29-9-3-10-30-69)73-47-37-61(38-48-73)62-39-49-74(50-40-62)84(70-31-11-4-12-32-70)80-36-20-18-34-78(80)64-45-53-72(54-46-64)82(68-27-7-2-8-28-68)76-56-42-60-22-14-16-24-66(60)58-76/h1-58H. The van der Waals surface area contributed by atoms with Crippen molar-refractivity contribution in [2.24, 2.45) is 0 Å². The number of nitrogens with zero attached hydrogens (tertiary/aromatic N) is 4. The third kappa shape index (κ3) is 10.3. The van der Waals surface area contributed by atoms with E-state index in [2.05, 4.69) is 371 Å². The highest BCUT2D eigenvalue weighted by Crippen LogP contribution is 2.46. The second-order valence-corrected chi connectivity index (χ2v) is 21.0. The van der Waals surface area contributed by atoms with Crippen molar-refractivity contribution in [1.82, 2.24) is 0 Å². The predicted octanol–water partition coefficient (Wildman–Crippen LogP) is 22.9. The summed E-state index contributed by atoms with van der Waals surface area (Å²) >= 11 is 0. The summed E-state index contributed by atoms with van der Waals surface area (Å²) in [6, 6.07) is 126. The van der Waals surface area contributed by atoms with E-state index in [1.54, 1.807) is 0 Å². The van der Waals surface area contributed by atoms with Gasteiger partial charge >= 0.3 is 0 Å².